The Kier molecular flexibility index (Phi) is 4.89. The lowest BCUT2D eigenvalue weighted by atomic mass is 9.42. The van der Waals surface area contributed by atoms with Gasteiger partial charge in [0.1, 0.15) is 0 Å². The van der Waals surface area contributed by atoms with E-state index in [4.69, 9.17) is 5.11 Å². The van der Waals surface area contributed by atoms with Crippen molar-refractivity contribution >= 4 is 6.09 Å². The van der Waals surface area contributed by atoms with Crippen LogP contribution in [-0.4, -0.2) is 39.9 Å². The summed E-state index contributed by atoms with van der Waals surface area (Å²) in [6.07, 6.45) is 11.5. The van der Waals surface area contributed by atoms with Gasteiger partial charge in [-0.2, -0.15) is 0 Å². The number of carbonyl (C=O) groups is 1. The van der Waals surface area contributed by atoms with Crippen LogP contribution in [-0.2, 0) is 0 Å². The van der Waals surface area contributed by atoms with E-state index in [1.54, 1.807) is 0 Å². The molecule has 4 rings (SSSR count). The maximum atomic E-state index is 12.1. The molecule has 0 spiro atoms. The van der Waals surface area contributed by atoms with Crippen LogP contribution in [0.4, 0.5) is 4.79 Å². The molecule has 4 aliphatic carbocycles. The number of amides is 1. The van der Waals surface area contributed by atoms with Gasteiger partial charge in [0.05, 0.1) is 0 Å². The van der Waals surface area contributed by atoms with Gasteiger partial charge in [-0.3, -0.25) is 0 Å². The molecule has 4 saturated carbocycles. The quantitative estimate of drug-likeness (QED) is 0.633. The molecule has 0 aromatic heterocycles. The number of aliphatic hydroxyl groups excluding tert-OH is 1. The highest BCUT2D eigenvalue weighted by Crippen LogP contribution is 2.67. The van der Waals surface area contributed by atoms with E-state index in [-0.39, 0.29) is 12.1 Å². The Morgan fingerprint density at radius 2 is 1.54 bits per heavy atom. The first kappa shape index (κ1) is 18.0. The molecule has 0 radical (unpaired) electrons. The zero-order valence-corrected chi connectivity index (χ0v) is 15.5. The minimum atomic E-state index is -0.709. The molecule has 138 valence electrons. The van der Waals surface area contributed by atoms with Crippen molar-refractivity contribution in [3.8, 4) is 0 Å². The molecule has 2 N–H and O–H groups in total. The number of nitrogens with zero attached hydrogens (tertiary/aromatic N) is 1. The predicted octanol–water partition coefficient (Wildman–Crippen LogP) is 4.66. The summed E-state index contributed by atoms with van der Waals surface area (Å²) in [4.78, 5) is 13.9. The van der Waals surface area contributed by atoms with Crippen molar-refractivity contribution in [3.63, 3.8) is 0 Å². The Morgan fingerprint density at radius 3 is 2.08 bits per heavy atom. The number of carboxylic acid groups (broad SMARTS) is 1. The van der Waals surface area contributed by atoms with Crippen molar-refractivity contribution < 1.29 is 15.0 Å². The third kappa shape index (κ3) is 3.44. The number of unbranched alkanes of at least 4 members (excludes halogenated alkanes) is 4. The van der Waals surface area contributed by atoms with Gasteiger partial charge < -0.3 is 15.1 Å². The average molecular weight is 338 g/mol. The van der Waals surface area contributed by atoms with Crippen molar-refractivity contribution in [2.75, 3.05) is 13.2 Å². The fourth-order valence-corrected chi connectivity index (χ4v) is 7.14. The first-order chi connectivity index (χ1) is 11.3. The second-order valence-corrected chi connectivity index (χ2v) is 9.78. The monoisotopic (exact) mass is 337 g/mol. The topological polar surface area (TPSA) is 60.8 Å². The van der Waals surface area contributed by atoms with Crippen LogP contribution in [0.2, 0.25) is 0 Å². The zero-order chi connectivity index (χ0) is 17.4. The van der Waals surface area contributed by atoms with Gasteiger partial charge in [-0.1, -0.05) is 33.1 Å². The van der Waals surface area contributed by atoms with E-state index >= 15 is 0 Å². The highest BCUT2D eigenvalue weighted by molar-refractivity contribution is 5.66. The Balaban J connectivity index is 1.66. The lowest BCUT2D eigenvalue weighted by Gasteiger charge is -2.67. The van der Waals surface area contributed by atoms with Gasteiger partial charge in [0.25, 0.3) is 0 Å². The first-order valence-corrected chi connectivity index (χ1v) is 9.91. The van der Waals surface area contributed by atoms with Gasteiger partial charge in [-0.25, -0.2) is 4.79 Å². The molecular weight excluding hydrogens is 302 g/mol. The smallest absolute Gasteiger partial charge is 0.407 e. The maximum Gasteiger partial charge on any atom is 0.407 e. The van der Waals surface area contributed by atoms with Crippen LogP contribution in [0.1, 0.15) is 84.5 Å². The summed E-state index contributed by atoms with van der Waals surface area (Å²) in [6, 6.07) is 0. The third-order valence-corrected chi connectivity index (χ3v) is 6.94. The fourth-order valence-electron chi connectivity index (χ4n) is 7.14. The summed E-state index contributed by atoms with van der Waals surface area (Å²) >= 11 is 0. The van der Waals surface area contributed by atoms with Crippen LogP contribution < -0.4 is 0 Å². The van der Waals surface area contributed by atoms with Crippen molar-refractivity contribution in [1.29, 1.82) is 0 Å². The lowest BCUT2D eigenvalue weighted by Crippen LogP contribution is -2.66. The van der Waals surface area contributed by atoms with E-state index in [2.05, 4.69) is 13.8 Å². The highest BCUT2D eigenvalue weighted by atomic mass is 16.4. The number of hydrogen-bond donors (Lipinski definition) is 2. The Labute approximate surface area is 146 Å². The Hall–Kier alpha value is -0.770. The molecule has 0 unspecified atom stereocenters. The van der Waals surface area contributed by atoms with Crippen molar-refractivity contribution in [3.05, 3.63) is 0 Å². The summed E-state index contributed by atoms with van der Waals surface area (Å²) < 4.78 is 0. The molecule has 1 amide bonds. The Morgan fingerprint density at radius 1 is 0.958 bits per heavy atom. The van der Waals surface area contributed by atoms with E-state index < -0.39 is 6.09 Å². The van der Waals surface area contributed by atoms with E-state index in [1.165, 1.54) is 19.3 Å². The molecule has 4 fully saturated rings. The molecule has 4 heteroatoms. The van der Waals surface area contributed by atoms with Crippen LogP contribution in [0, 0.1) is 16.7 Å². The predicted molar refractivity (Wildman–Crippen MR) is 95.0 cm³/mol. The highest BCUT2D eigenvalue weighted by Gasteiger charge is 2.62. The van der Waals surface area contributed by atoms with Gasteiger partial charge in [0.15, 0.2) is 0 Å². The van der Waals surface area contributed by atoms with E-state index in [9.17, 15) is 9.90 Å². The molecule has 0 aromatic carbocycles. The van der Waals surface area contributed by atoms with Crippen molar-refractivity contribution in [2.45, 2.75) is 90.0 Å². The number of hydrogen-bond acceptors (Lipinski definition) is 2. The molecule has 4 aliphatic rings. The Bertz CT molecular complexity index is 460. The second kappa shape index (κ2) is 6.51. The average Bonchev–Trinajstić information content (AvgIpc) is 2.41. The minimum Gasteiger partial charge on any atom is -0.465 e. The molecular formula is C20H35NO3. The van der Waals surface area contributed by atoms with E-state index in [1.807, 2.05) is 4.90 Å². The molecule has 0 aromatic rings. The van der Waals surface area contributed by atoms with E-state index in [0.29, 0.717) is 17.4 Å². The second-order valence-electron chi connectivity index (χ2n) is 9.78. The van der Waals surface area contributed by atoms with Gasteiger partial charge in [-0.05, 0) is 68.1 Å². The number of rotatable bonds is 8. The molecule has 4 bridgehead atoms. The molecule has 0 aliphatic heterocycles. The number of aliphatic hydroxyl groups is 1. The maximum absolute atomic E-state index is 12.1. The van der Waals surface area contributed by atoms with Crippen LogP contribution in [0.3, 0.4) is 0 Å². The summed E-state index contributed by atoms with van der Waals surface area (Å²) in [6.45, 7) is 5.76. The van der Waals surface area contributed by atoms with E-state index in [0.717, 1.165) is 57.3 Å². The molecule has 24 heavy (non-hydrogen) atoms. The van der Waals surface area contributed by atoms with Crippen LogP contribution >= 0.6 is 0 Å². The van der Waals surface area contributed by atoms with Crippen LogP contribution in [0.5, 0.6) is 0 Å². The summed E-state index contributed by atoms with van der Waals surface area (Å²) in [5.41, 5.74) is 0.603. The van der Waals surface area contributed by atoms with Crippen molar-refractivity contribution in [2.24, 2.45) is 16.7 Å². The first-order valence-electron chi connectivity index (χ1n) is 9.91. The zero-order valence-electron chi connectivity index (χ0n) is 15.5. The lowest BCUT2D eigenvalue weighted by molar-refractivity contribution is -0.152. The van der Waals surface area contributed by atoms with Crippen molar-refractivity contribution in [1.82, 2.24) is 4.90 Å². The minimum absolute atomic E-state index is 0.0974. The summed E-state index contributed by atoms with van der Waals surface area (Å²) in [5.74, 6) is 0.725. The fraction of sp³-hybridized carbons (Fsp3) is 0.950. The standard InChI is InChI=1S/C20H35NO3/c1-18-10-16-11-19(2,13-18)15-20(12-16,14-18)21(17(23)24)8-6-4-3-5-7-9-22/h16,22H,3-15H2,1-2H3,(H,23,24)/t16-,18+,19-,20+. The van der Waals surface area contributed by atoms with Crippen LogP contribution in [0.25, 0.3) is 0 Å². The summed E-state index contributed by atoms with van der Waals surface area (Å²) in [7, 11) is 0. The largest absolute Gasteiger partial charge is 0.465 e. The van der Waals surface area contributed by atoms with Crippen LogP contribution in [0.15, 0.2) is 0 Å². The normalized spacial score (nSPS) is 40.0. The molecule has 4 nitrogen and oxygen atoms in total. The summed E-state index contributed by atoms with van der Waals surface area (Å²) in [5, 5.41) is 18.8. The van der Waals surface area contributed by atoms with Gasteiger partial charge in [0, 0.05) is 18.7 Å². The molecule has 0 heterocycles. The molecule has 4 atom stereocenters. The third-order valence-electron chi connectivity index (χ3n) is 6.94. The SMILES string of the molecule is C[C@]12C[C@@H]3C[C@](C)(C1)C[C@](N(CCCCCCCO)C(=O)O)(C3)C2. The van der Waals surface area contributed by atoms with Gasteiger partial charge in [0.2, 0.25) is 0 Å². The van der Waals surface area contributed by atoms with Gasteiger partial charge in [-0.15, -0.1) is 0 Å². The van der Waals surface area contributed by atoms with Gasteiger partial charge >= 0.3 is 6.09 Å². The molecule has 0 saturated heterocycles.